The lowest BCUT2D eigenvalue weighted by molar-refractivity contribution is -0.184. The smallest absolute Gasteiger partial charge is 0.258 e. The van der Waals surface area contributed by atoms with E-state index in [-0.39, 0.29) is 46.6 Å². The van der Waals surface area contributed by atoms with Crippen LogP contribution in [0.15, 0.2) is 42.5 Å². The summed E-state index contributed by atoms with van der Waals surface area (Å²) in [6.45, 7) is 1.68. The monoisotopic (exact) mass is 448 g/mol. The first-order valence-corrected chi connectivity index (χ1v) is 10.5. The molecule has 2 bridgehead atoms. The van der Waals surface area contributed by atoms with Crippen molar-refractivity contribution in [3.05, 3.63) is 64.7 Å². The van der Waals surface area contributed by atoms with E-state index in [4.69, 9.17) is 16.3 Å². The third-order valence-corrected chi connectivity index (χ3v) is 6.32. The van der Waals surface area contributed by atoms with Crippen molar-refractivity contribution in [2.75, 3.05) is 6.61 Å². The summed E-state index contributed by atoms with van der Waals surface area (Å²) in [5, 5.41) is 5.96. The fourth-order valence-electron chi connectivity index (χ4n) is 4.61. The number of rotatable bonds is 8. The average molecular weight is 449 g/mol. The Bertz CT molecular complexity index is 993. The molecule has 3 saturated carbocycles. The van der Waals surface area contributed by atoms with Gasteiger partial charge in [-0.15, -0.1) is 0 Å². The first-order chi connectivity index (χ1) is 14.7. The minimum Gasteiger partial charge on any atom is -0.484 e. The van der Waals surface area contributed by atoms with E-state index in [2.05, 4.69) is 10.6 Å². The topological polar surface area (TPSA) is 67.4 Å². The van der Waals surface area contributed by atoms with Gasteiger partial charge in [0.15, 0.2) is 6.61 Å². The minimum atomic E-state index is -0.611. The van der Waals surface area contributed by atoms with Gasteiger partial charge in [-0.25, -0.2) is 8.78 Å². The van der Waals surface area contributed by atoms with Crippen molar-refractivity contribution >= 4 is 23.4 Å². The molecule has 2 amide bonds. The van der Waals surface area contributed by atoms with E-state index in [0.29, 0.717) is 25.7 Å². The van der Waals surface area contributed by atoms with Gasteiger partial charge in [0.2, 0.25) is 5.91 Å². The van der Waals surface area contributed by atoms with Gasteiger partial charge in [-0.3, -0.25) is 9.59 Å². The largest absolute Gasteiger partial charge is 0.484 e. The van der Waals surface area contributed by atoms with Crippen molar-refractivity contribution < 1.29 is 23.1 Å². The molecule has 0 heterocycles. The van der Waals surface area contributed by atoms with Crippen LogP contribution in [0.4, 0.5) is 8.78 Å². The van der Waals surface area contributed by atoms with Crippen molar-refractivity contribution in [3.63, 3.8) is 0 Å². The molecule has 2 aromatic carbocycles. The molecule has 0 aliphatic heterocycles. The van der Waals surface area contributed by atoms with Gasteiger partial charge in [0.05, 0.1) is 10.4 Å². The number of hydrogen-bond acceptors (Lipinski definition) is 3. The van der Waals surface area contributed by atoms with Crippen LogP contribution in [0.2, 0.25) is 5.02 Å². The fraction of sp³-hybridized carbons (Fsp3) is 0.391. The van der Waals surface area contributed by atoms with Crippen LogP contribution >= 0.6 is 11.6 Å². The molecule has 3 aliphatic rings. The molecule has 3 fully saturated rings. The van der Waals surface area contributed by atoms with Crippen LogP contribution < -0.4 is 15.4 Å². The Kier molecular flexibility index (Phi) is 5.64. The van der Waals surface area contributed by atoms with Crippen LogP contribution in [-0.2, 0) is 16.0 Å². The van der Waals surface area contributed by atoms with Crippen molar-refractivity contribution in [3.8, 4) is 5.75 Å². The fourth-order valence-corrected chi connectivity index (χ4v) is 4.73. The molecule has 3 aliphatic carbocycles. The molecular weight excluding hydrogens is 426 g/mol. The number of amides is 2. The van der Waals surface area contributed by atoms with Gasteiger partial charge in [0, 0.05) is 17.6 Å². The lowest BCUT2D eigenvalue weighted by atomic mass is 9.39. The summed E-state index contributed by atoms with van der Waals surface area (Å²) in [6, 6.07) is 10.1. The van der Waals surface area contributed by atoms with E-state index in [1.165, 1.54) is 24.3 Å². The van der Waals surface area contributed by atoms with Crippen molar-refractivity contribution in [2.24, 2.45) is 5.41 Å². The standard InChI is InChI=1S/C23H23ClF2N2O3/c1-14(8-15-2-4-16(25)5-3-15)27-21(30)22-11-23(12-22,13-22)28-20(29)10-31-17-6-7-18(24)19(26)9-17/h2-7,9,14H,8,10-13H2,1H3,(H,27,30)(H,28,29). The zero-order valence-electron chi connectivity index (χ0n) is 17.0. The maximum absolute atomic E-state index is 13.4. The SMILES string of the molecule is CC(Cc1ccc(F)cc1)NC(=O)C12CC(NC(=O)COc3ccc(Cl)c(F)c3)(C1)C2. The van der Waals surface area contributed by atoms with E-state index in [0.717, 1.165) is 11.6 Å². The van der Waals surface area contributed by atoms with Gasteiger partial charge < -0.3 is 15.4 Å². The predicted molar refractivity (Wildman–Crippen MR) is 112 cm³/mol. The van der Waals surface area contributed by atoms with Crippen molar-refractivity contribution in [1.29, 1.82) is 0 Å². The molecule has 164 valence electrons. The van der Waals surface area contributed by atoms with E-state index >= 15 is 0 Å². The normalized spacial score (nSPS) is 24.4. The maximum Gasteiger partial charge on any atom is 0.258 e. The summed E-state index contributed by atoms with van der Waals surface area (Å²) in [4.78, 5) is 24.9. The van der Waals surface area contributed by atoms with Crippen molar-refractivity contribution in [2.45, 2.75) is 44.2 Å². The predicted octanol–water partition coefficient (Wildman–Crippen LogP) is 3.78. The number of hydrogen-bond donors (Lipinski definition) is 2. The molecule has 2 N–H and O–H groups in total. The number of nitrogens with one attached hydrogen (secondary N) is 2. The Balaban J connectivity index is 1.20. The zero-order chi connectivity index (χ0) is 22.2. The Hall–Kier alpha value is -2.67. The number of halogens is 3. The maximum atomic E-state index is 13.4. The molecule has 5 rings (SSSR count). The summed E-state index contributed by atoms with van der Waals surface area (Å²) >= 11 is 5.62. The molecule has 2 aromatic rings. The number of benzene rings is 2. The van der Waals surface area contributed by atoms with E-state index < -0.39 is 11.2 Å². The summed E-state index contributed by atoms with van der Waals surface area (Å²) in [6.07, 6.45) is 2.40. The van der Waals surface area contributed by atoms with Crippen molar-refractivity contribution in [1.82, 2.24) is 10.6 Å². The highest BCUT2D eigenvalue weighted by Gasteiger charge is 2.72. The third kappa shape index (κ3) is 4.51. The van der Waals surface area contributed by atoms with Gasteiger partial charge in [0.25, 0.3) is 5.91 Å². The van der Waals surface area contributed by atoms with Crippen LogP contribution in [-0.4, -0.2) is 30.0 Å². The minimum absolute atomic E-state index is 0.00822. The van der Waals surface area contributed by atoms with Crippen LogP contribution in [0.3, 0.4) is 0 Å². The molecule has 0 saturated heterocycles. The lowest BCUT2D eigenvalue weighted by Crippen LogP contribution is -2.78. The molecule has 0 radical (unpaired) electrons. The lowest BCUT2D eigenvalue weighted by Gasteiger charge is -2.69. The number of carbonyl (C=O) groups is 2. The highest BCUT2D eigenvalue weighted by molar-refractivity contribution is 6.30. The Morgan fingerprint density at radius 1 is 1.13 bits per heavy atom. The van der Waals surface area contributed by atoms with Crippen LogP contribution in [0.1, 0.15) is 31.7 Å². The highest BCUT2D eigenvalue weighted by atomic mass is 35.5. The van der Waals surface area contributed by atoms with Crippen LogP contribution in [0.25, 0.3) is 0 Å². The first-order valence-electron chi connectivity index (χ1n) is 10.1. The Labute approximate surface area is 184 Å². The third-order valence-electron chi connectivity index (χ3n) is 6.01. The summed E-state index contributed by atoms with van der Waals surface area (Å²) in [5.74, 6) is -0.992. The second kappa shape index (κ2) is 8.11. The van der Waals surface area contributed by atoms with E-state index in [9.17, 15) is 18.4 Å². The van der Waals surface area contributed by atoms with E-state index in [1.54, 1.807) is 12.1 Å². The van der Waals surface area contributed by atoms with Gasteiger partial charge in [0.1, 0.15) is 17.4 Å². The Morgan fingerprint density at radius 2 is 1.81 bits per heavy atom. The van der Waals surface area contributed by atoms with Gasteiger partial charge >= 0.3 is 0 Å². The van der Waals surface area contributed by atoms with Gasteiger partial charge in [-0.2, -0.15) is 0 Å². The van der Waals surface area contributed by atoms with Gasteiger partial charge in [-0.1, -0.05) is 23.7 Å². The van der Waals surface area contributed by atoms with Crippen LogP contribution in [0.5, 0.6) is 5.75 Å². The molecule has 31 heavy (non-hydrogen) atoms. The first kappa shape index (κ1) is 21.6. The average Bonchev–Trinajstić information content (AvgIpc) is 2.66. The molecule has 5 nitrogen and oxygen atoms in total. The molecule has 0 aromatic heterocycles. The molecule has 0 spiro atoms. The summed E-state index contributed by atoms with van der Waals surface area (Å²) < 4.78 is 31.8. The quantitative estimate of drug-likeness (QED) is 0.645. The van der Waals surface area contributed by atoms with Crippen LogP contribution in [0, 0.1) is 17.0 Å². The highest BCUT2D eigenvalue weighted by Crippen LogP contribution is 2.67. The molecule has 1 atom stereocenters. The number of ether oxygens (including phenoxy) is 1. The molecular formula is C23H23ClF2N2O3. The van der Waals surface area contributed by atoms with Gasteiger partial charge in [-0.05, 0) is 62.4 Å². The summed E-state index contributed by atoms with van der Waals surface area (Å²) in [5.41, 5.74) is 0.171. The summed E-state index contributed by atoms with van der Waals surface area (Å²) in [7, 11) is 0. The molecule has 1 unspecified atom stereocenters. The molecule has 8 heteroatoms. The van der Waals surface area contributed by atoms with E-state index in [1.807, 2.05) is 6.92 Å². The second-order valence-corrected chi connectivity index (χ2v) is 9.12. The second-order valence-electron chi connectivity index (χ2n) is 8.71. The zero-order valence-corrected chi connectivity index (χ0v) is 17.8. The number of carbonyl (C=O) groups excluding carboxylic acids is 2. The Morgan fingerprint density at radius 3 is 2.45 bits per heavy atom.